The fourth-order valence-electron chi connectivity index (χ4n) is 2.70. The lowest BCUT2D eigenvalue weighted by Gasteiger charge is -2.14. The van der Waals surface area contributed by atoms with E-state index in [0.29, 0.717) is 29.2 Å². The maximum Gasteiger partial charge on any atom is 0.251 e. The van der Waals surface area contributed by atoms with Crippen LogP contribution in [0.25, 0.3) is 0 Å². The molecule has 2 amide bonds. The van der Waals surface area contributed by atoms with Gasteiger partial charge in [-0.2, -0.15) is 5.10 Å². The Kier molecular flexibility index (Phi) is 6.08. The van der Waals surface area contributed by atoms with Crippen LogP contribution in [-0.2, 0) is 0 Å². The molecule has 2 aromatic rings. The Hall–Kier alpha value is -2.86. The molecule has 0 spiro atoms. The second-order valence-electron chi connectivity index (χ2n) is 6.27. The number of carbonyl (C=O) groups is 2. The summed E-state index contributed by atoms with van der Waals surface area (Å²) in [6.45, 7) is 3.56. The SMILES string of the molecule is CC1=NN(c2ccc(C(=O)NCCNC(=O)c3ccc(Cl)cc3)cc2)CC1. The highest BCUT2D eigenvalue weighted by atomic mass is 35.5. The Bertz CT molecular complexity index is 847. The molecule has 6 nitrogen and oxygen atoms in total. The maximum atomic E-state index is 12.2. The molecular formula is C20H21ClN4O2. The molecule has 0 fully saturated rings. The van der Waals surface area contributed by atoms with Crippen LogP contribution in [0.5, 0.6) is 0 Å². The van der Waals surface area contributed by atoms with Gasteiger partial charge in [0.1, 0.15) is 0 Å². The van der Waals surface area contributed by atoms with E-state index in [0.717, 1.165) is 24.4 Å². The summed E-state index contributed by atoms with van der Waals surface area (Å²) in [5.41, 5.74) is 3.18. The van der Waals surface area contributed by atoms with Gasteiger partial charge in [-0.25, -0.2) is 0 Å². The van der Waals surface area contributed by atoms with Crippen LogP contribution >= 0.6 is 11.6 Å². The summed E-state index contributed by atoms with van der Waals surface area (Å²) in [5.74, 6) is -0.380. The van der Waals surface area contributed by atoms with Crippen molar-refractivity contribution in [2.45, 2.75) is 13.3 Å². The zero-order valence-electron chi connectivity index (χ0n) is 15.0. The molecule has 27 heavy (non-hydrogen) atoms. The van der Waals surface area contributed by atoms with Crippen molar-refractivity contribution < 1.29 is 9.59 Å². The minimum atomic E-state index is -0.202. The van der Waals surface area contributed by atoms with E-state index in [1.165, 1.54) is 0 Å². The number of amides is 2. The highest BCUT2D eigenvalue weighted by Gasteiger charge is 2.13. The number of carbonyl (C=O) groups excluding carboxylic acids is 2. The summed E-state index contributed by atoms with van der Waals surface area (Å²) < 4.78 is 0. The van der Waals surface area contributed by atoms with Gasteiger partial charge >= 0.3 is 0 Å². The van der Waals surface area contributed by atoms with Gasteiger partial charge in [-0.1, -0.05) is 11.6 Å². The predicted octanol–water partition coefficient (Wildman–Crippen LogP) is 3.09. The Morgan fingerprint density at radius 3 is 1.96 bits per heavy atom. The van der Waals surface area contributed by atoms with Crippen LogP contribution in [0.3, 0.4) is 0 Å². The summed E-state index contributed by atoms with van der Waals surface area (Å²) in [6.07, 6.45) is 0.962. The van der Waals surface area contributed by atoms with Crippen molar-refractivity contribution in [3.63, 3.8) is 0 Å². The molecule has 0 radical (unpaired) electrons. The van der Waals surface area contributed by atoms with Crippen LogP contribution in [0.2, 0.25) is 5.02 Å². The summed E-state index contributed by atoms with van der Waals surface area (Å²) in [5, 5.41) is 12.5. The molecule has 140 valence electrons. The van der Waals surface area contributed by atoms with E-state index < -0.39 is 0 Å². The van der Waals surface area contributed by atoms with Gasteiger partial charge in [0.25, 0.3) is 11.8 Å². The number of nitrogens with zero attached hydrogens (tertiary/aromatic N) is 2. The van der Waals surface area contributed by atoms with E-state index in [4.69, 9.17) is 11.6 Å². The molecule has 0 unspecified atom stereocenters. The van der Waals surface area contributed by atoms with Crippen molar-refractivity contribution in [1.82, 2.24) is 10.6 Å². The van der Waals surface area contributed by atoms with Crippen LogP contribution in [0.4, 0.5) is 5.69 Å². The fraction of sp³-hybridized carbons (Fsp3) is 0.250. The van der Waals surface area contributed by atoms with E-state index in [2.05, 4.69) is 15.7 Å². The lowest BCUT2D eigenvalue weighted by molar-refractivity contribution is 0.0927. The number of hydrogen-bond donors (Lipinski definition) is 2. The number of hydrazone groups is 1. The van der Waals surface area contributed by atoms with Gasteiger partial charge in [0.05, 0.1) is 5.69 Å². The molecule has 0 bridgehead atoms. The van der Waals surface area contributed by atoms with Gasteiger partial charge in [0.2, 0.25) is 0 Å². The second kappa shape index (κ2) is 8.68. The molecule has 0 aromatic heterocycles. The topological polar surface area (TPSA) is 73.8 Å². The third-order valence-electron chi connectivity index (χ3n) is 4.21. The quantitative estimate of drug-likeness (QED) is 0.751. The number of rotatable bonds is 6. The van der Waals surface area contributed by atoms with Gasteiger partial charge in [0, 0.05) is 47.9 Å². The van der Waals surface area contributed by atoms with Crippen molar-refractivity contribution >= 4 is 34.8 Å². The third kappa shape index (κ3) is 5.08. The molecular weight excluding hydrogens is 364 g/mol. The van der Waals surface area contributed by atoms with Crippen LogP contribution in [0, 0.1) is 0 Å². The Morgan fingerprint density at radius 2 is 1.48 bits per heavy atom. The molecule has 0 atom stereocenters. The summed E-state index contributed by atoms with van der Waals surface area (Å²) in [7, 11) is 0. The van der Waals surface area contributed by atoms with Gasteiger partial charge in [0.15, 0.2) is 0 Å². The summed E-state index contributed by atoms with van der Waals surface area (Å²) >= 11 is 5.80. The number of anilines is 1. The van der Waals surface area contributed by atoms with Gasteiger partial charge in [-0.05, 0) is 55.5 Å². The van der Waals surface area contributed by atoms with Crippen molar-refractivity contribution in [1.29, 1.82) is 0 Å². The molecule has 1 aliphatic rings. The zero-order valence-corrected chi connectivity index (χ0v) is 15.8. The van der Waals surface area contributed by atoms with Crippen molar-refractivity contribution in [2.75, 3.05) is 24.6 Å². The molecule has 1 aliphatic heterocycles. The summed E-state index contributed by atoms with van der Waals surface area (Å²) in [4.78, 5) is 24.2. The van der Waals surface area contributed by atoms with Gasteiger partial charge in [-0.15, -0.1) is 0 Å². The minimum absolute atomic E-state index is 0.177. The smallest absolute Gasteiger partial charge is 0.251 e. The van der Waals surface area contributed by atoms with E-state index in [9.17, 15) is 9.59 Å². The average Bonchev–Trinajstić information content (AvgIpc) is 3.12. The zero-order chi connectivity index (χ0) is 19.2. The van der Waals surface area contributed by atoms with Crippen molar-refractivity contribution in [3.05, 3.63) is 64.7 Å². The largest absolute Gasteiger partial charge is 0.350 e. The van der Waals surface area contributed by atoms with E-state index in [-0.39, 0.29) is 11.8 Å². The molecule has 0 saturated heterocycles. The fourth-order valence-corrected chi connectivity index (χ4v) is 2.83. The molecule has 2 aromatic carbocycles. The average molecular weight is 385 g/mol. The Labute approximate surface area is 163 Å². The Balaban J connectivity index is 1.44. The van der Waals surface area contributed by atoms with Crippen LogP contribution in [0.15, 0.2) is 53.6 Å². The van der Waals surface area contributed by atoms with Crippen LogP contribution < -0.4 is 15.6 Å². The number of halogens is 1. The first-order valence-corrected chi connectivity index (χ1v) is 9.14. The maximum absolute atomic E-state index is 12.2. The molecule has 0 saturated carbocycles. The van der Waals surface area contributed by atoms with Crippen LogP contribution in [-0.4, -0.2) is 37.2 Å². The van der Waals surface area contributed by atoms with E-state index in [1.54, 1.807) is 36.4 Å². The first-order chi connectivity index (χ1) is 13.0. The van der Waals surface area contributed by atoms with Crippen molar-refractivity contribution in [2.24, 2.45) is 5.10 Å². The number of nitrogens with one attached hydrogen (secondary N) is 2. The summed E-state index contributed by atoms with van der Waals surface area (Å²) in [6, 6.07) is 14.0. The standard InChI is InChI=1S/C20H21ClN4O2/c1-14-10-13-25(24-14)18-8-4-16(5-9-18)20(27)23-12-11-22-19(26)15-2-6-17(21)7-3-15/h2-9H,10-13H2,1H3,(H,22,26)(H,23,27). The monoisotopic (exact) mass is 384 g/mol. The third-order valence-corrected chi connectivity index (χ3v) is 4.46. The Morgan fingerprint density at radius 1 is 0.963 bits per heavy atom. The van der Waals surface area contributed by atoms with Gasteiger partial charge < -0.3 is 10.6 Å². The predicted molar refractivity (Wildman–Crippen MR) is 108 cm³/mol. The lowest BCUT2D eigenvalue weighted by atomic mass is 10.2. The van der Waals surface area contributed by atoms with E-state index >= 15 is 0 Å². The minimum Gasteiger partial charge on any atom is -0.350 e. The number of hydrogen-bond acceptors (Lipinski definition) is 4. The lowest BCUT2D eigenvalue weighted by Crippen LogP contribution is -2.34. The van der Waals surface area contributed by atoms with E-state index in [1.807, 2.05) is 24.1 Å². The first kappa shape index (κ1) is 18.9. The molecule has 7 heteroatoms. The molecule has 1 heterocycles. The molecule has 0 aliphatic carbocycles. The highest BCUT2D eigenvalue weighted by Crippen LogP contribution is 2.19. The normalized spacial score (nSPS) is 13.3. The molecule has 3 rings (SSSR count). The second-order valence-corrected chi connectivity index (χ2v) is 6.71. The van der Waals surface area contributed by atoms with Crippen LogP contribution in [0.1, 0.15) is 34.1 Å². The first-order valence-electron chi connectivity index (χ1n) is 8.76. The molecule has 2 N–H and O–H groups in total. The number of benzene rings is 2. The van der Waals surface area contributed by atoms with Gasteiger partial charge in [-0.3, -0.25) is 14.6 Å². The highest BCUT2D eigenvalue weighted by molar-refractivity contribution is 6.30. The van der Waals surface area contributed by atoms with Crippen molar-refractivity contribution in [3.8, 4) is 0 Å².